The number of rotatable bonds is 7. The van der Waals surface area contributed by atoms with E-state index in [1.165, 1.54) is 28.6 Å². The van der Waals surface area contributed by atoms with Crippen LogP contribution in [0.5, 0.6) is 5.75 Å². The average molecular weight is 523 g/mol. The fourth-order valence-electron chi connectivity index (χ4n) is 3.61. The summed E-state index contributed by atoms with van der Waals surface area (Å²) in [6, 6.07) is 20.0. The van der Waals surface area contributed by atoms with E-state index in [1.54, 1.807) is 24.5 Å². The van der Waals surface area contributed by atoms with Crippen molar-refractivity contribution in [3.05, 3.63) is 96.6 Å². The van der Waals surface area contributed by atoms with E-state index in [1.807, 2.05) is 36.4 Å². The fourth-order valence-corrected chi connectivity index (χ4v) is 4.41. The largest absolute Gasteiger partial charge is 0.573 e. The summed E-state index contributed by atoms with van der Waals surface area (Å²) in [4.78, 5) is 21.7. The number of anilines is 1. The predicted octanol–water partition coefficient (Wildman–Crippen LogP) is 5.65. The van der Waals surface area contributed by atoms with Crippen molar-refractivity contribution in [2.45, 2.75) is 17.3 Å². The molecule has 0 saturated heterocycles. The van der Waals surface area contributed by atoms with Crippen LogP contribution in [0.4, 0.5) is 18.9 Å². The molecule has 2 aromatic heterocycles. The zero-order valence-corrected chi connectivity index (χ0v) is 19.7. The summed E-state index contributed by atoms with van der Waals surface area (Å²) >= 11 is 1.26. The van der Waals surface area contributed by atoms with Crippen LogP contribution < -0.4 is 10.1 Å². The van der Waals surface area contributed by atoms with Gasteiger partial charge in [0.25, 0.3) is 5.91 Å². The van der Waals surface area contributed by atoms with Crippen LogP contribution in [-0.2, 0) is 5.75 Å². The summed E-state index contributed by atoms with van der Waals surface area (Å²) in [5.41, 5.74) is 1.48. The molecule has 2 heterocycles. The Labute approximate surface area is 212 Å². The third-order valence-electron chi connectivity index (χ3n) is 5.21. The highest BCUT2D eigenvalue weighted by Crippen LogP contribution is 2.28. The van der Waals surface area contributed by atoms with E-state index in [-0.39, 0.29) is 17.2 Å². The lowest BCUT2D eigenvalue weighted by atomic mass is 10.1. The minimum absolute atomic E-state index is 0.0620. The molecule has 5 aromatic rings. The highest BCUT2D eigenvalue weighted by Gasteiger charge is 2.31. The second kappa shape index (κ2) is 10.3. The Hall–Kier alpha value is -4.45. The summed E-state index contributed by atoms with van der Waals surface area (Å²) in [7, 11) is 0. The number of nitrogens with one attached hydrogen (secondary N) is 1. The van der Waals surface area contributed by atoms with Crippen LogP contribution in [0.3, 0.4) is 0 Å². The number of carbonyl (C=O) groups excluding carboxylic acids is 1. The van der Waals surface area contributed by atoms with Gasteiger partial charge in [-0.1, -0.05) is 53.4 Å². The van der Waals surface area contributed by atoms with Gasteiger partial charge < -0.3 is 10.1 Å². The first kappa shape index (κ1) is 24.3. The van der Waals surface area contributed by atoms with Crippen molar-refractivity contribution >= 4 is 34.1 Å². The molecule has 0 bridgehead atoms. The minimum Gasteiger partial charge on any atom is -0.406 e. The van der Waals surface area contributed by atoms with E-state index in [4.69, 9.17) is 0 Å². The highest BCUT2D eigenvalue weighted by molar-refractivity contribution is 7.98. The Balaban J connectivity index is 1.47. The summed E-state index contributed by atoms with van der Waals surface area (Å²) in [6.45, 7) is 0. The first-order valence-electron chi connectivity index (χ1n) is 10.9. The van der Waals surface area contributed by atoms with Crippen molar-refractivity contribution < 1.29 is 22.7 Å². The zero-order chi connectivity index (χ0) is 25.8. The van der Waals surface area contributed by atoms with Crippen LogP contribution in [-0.4, -0.2) is 37.2 Å². The molecule has 0 radical (unpaired) electrons. The van der Waals surface area contributed by atoms with E-state index in [2.05, 4.69) is 30.3 Å². The molecule has 0 unspecified atom stereocenters. The van der Waals surface area contributed by atoms with Gasteiger partial charge in [0, 0.05) is 29.2 Å². The Bertz CT molecular complexity index is 1540. The second-order valence-corrected chi connectivity index (χ2v) is 8.58. The number of alkyl halides is 3. The van der Waals surface area contributed by atoms with Gasteiger partial charge in [-0.25, -0.2) is 14.6 Å². The molecule has 8 nitrogen and oxygen atoms in total. The van der Waals surface area contributed by atoms with Gasteiger partial charge >= 0.3 is 6.36 Å². The number of fused-ring (bicyclic) bond motifs is 1. The maximum atomic E-state index is 13.3. The van der Waals surface area contributed by atoms with Gasteiger partial charge in [-0.2, -0.15) is 0 Å². The minimum atomic E-state index is -4.81. The molecule has 12 heteroatoms. The standard InChI is InChI=1S/C25H17F3N6O2S/c26-25(27,28)36-18-11-9-17(10-12-18)34-21(15-37-24-29-13-4-14-30-24)22(32-33-34)23(35)31-20-8-3-6-16-5-1-2-7-19(16)20/h1-14H,15H2,(H,31,35). The third-order valence-corrected chi connectivity index (χ3v) is 6.10. The van der Waals surface area contributed by atoms with Crippen molar-refractivity contribution in [1.82, 2.24) is 25.0 Å². The number of ether oxygens (including phenoxy) is 1. The number of amides is 1. The molecule has 186 valence electrons. The second-order valence-electron chi connectivity index (χ2n) is 7.64. The molecule has 0 aliphatic rings. The molecule has 0 saturated carbocycles. The van der Waals surface area contributed by atoms with Crippen LogP contribution >= 0.6 is 11.8 Å². The molecule has 5 rings (SSSR count). The number of hydrogen-bond acceptors (Lipinski definition) is 7. The van der Waals surface area contributed by atoms with Gasteiger partial charge in [0.05, 0.1) is 11.4 Å². The lowest BCUT2D eigenvalue weighted by molar-refractivity contribution is -0.274. The SMILES string of the molecule is O=C(Nc1cccc2ccccc12)c1nnn(-c2ccc(OC(F)(F)F)cc2)c1CSc1ncccn1. The van der Waals surface area contributed by atoms with E-state index < -0.39 is 12.3 Å². The number of benzene rings is 3. The lowest BCUT2D eigenvalue weighted by Crippen LogP contribution is -2.17. The van der Waals surface area contributed by atoms with Crippen molar-refractivity contribution in [2.75, 3.05) is 5.32 Å². The van der Waals surface area contributed by atoms with Crippen molar-refractivity contribution in [2.24, 2.45) is 0 Å². The van der Waals surface area contributed by atoms with E-state index in [0.29, 0.717) is 22.2 Å². The van der Waals surface area contributed by atoms with Gasteiger partial charge in [-0.15, -0.1) is 18.3 Å². The maximum Gasteiger partial charge on any atom is 0.573 e. The maximum absolute atomic E-state index is 13.3. The van der Waals surface area contributed by atoms with Gasteiger partial charge in [0.15, 0.2) is 10.9 Å². The average Bonchev–Trinajstić information content (AvgIpc) is 3.32. The lowest BCUT2D eigenvalue weighted by Gasteiger charge is -2.11. The first-order chi connectivity index (χ1) is 17.9. The summed E-state index contributed by atoms with van der Waals surface area (Å²) in [5.74, 6) is -0.640. The van der Waals surface area contributed by atoms with Crippen LogP contribution in [0, 0.1) is 0 Å². The number of nitrogens with zero attached hydrogens (tertiary/aromatic N) is 5. The van der Waals surface area contributed by atoms with Gasteiger partial charge in [-0.05, 0) is 41.8 Å². The van der Waals surface area contributed by atoms with Crippen molar-refractivity contribution in [3.8, 4) is 11.4 Å². The van der Waals surface area contributed by atoms with E-state index >= 15 is 0 Å². The Morgan fingerprint density at radius 2 is 1.68 bits per heavy atom. The summed E-state index contributed by atoms with van der Waals surface area (Å²) in [5, 5.41) is 13.4. The van der Waals surface area contributed by atoms with Crippen LogP contribution in [0.25, 0.3) is 16.5 Å². The van der Waals surface area contributed by atoms with Crippen LogP contribution in [0.15, 0.2) is 90.3 Å². The first-order valence-corrected chi connectivity index (χ1v) is 11.9. The summed E-state index contributed by atoms with van der Waals surface area (Å²) < 4.78 is 43.0. The van der Waals surface area contributed by atoms with Crippen molar-refractivity contribution in [3.63, 3.8) is 0 Å². The molecule has 0 spiro atoms. The Morgan fingerprint density at radius 1 is 0.946 bits per heavy atom. The molecule has 1 N–H and O–H groups in total. The quantitative estimate of drug-likeness (QED) is 0.218. The van der Waals surface area contributed by atoms with Gasteiger partial charge in [-0.3, -0.25) is 4.79 Å². The number of carbonyl (C=O) groups is 1. The summed E-state index contributed by atoms with van der Waals surface area (Å²) in [6.07, 6.45) is -1.62. The smallest absolute Gasteiger partial charge is 0.406 e. The molecular weight excluding hydrogens is 505 g/mol. The molecule has 37 heavy (non-hydrogen) atoms. The van der Waals surface area contributed by atoms with E-state index in [0.717, 1.165) is 22.9 Å². The molecule has 0 fully saturated rings. The van der Waals surface area contributed by atoms with E-state index in [9.17, 15) is 18.0 Å². The number of halogens is 3. The van der Waals surface area contributed by atoms with Crippen molar-refractivity contribution in [1.29, 1.82) is 0 Å². The molecule has 1 amide bonds. The Morgan fingerprint density at radius 3 is 2.43 bits per heavy atom. The molecular formula is C25H17F3N6O2S. The van der Waals surface area contributed by atoms with Crippen LogP contribution in [0.2, 0.25) is 0 Å². The van der Waals surface area contributed by atoms with Gasteiger partial charge in [0.2, 0.25) is 0 Å². The number of aromatic nitrogens is 5. The highest BCUT2D eigenvalue weighted by atomic mass is 32.2. The number of hydrogen-bond donors (Lipinski definition) is 1. The topological polar surface area (TPSA) is 94.8 Å². The fraction of sp³-hybridized carbons (Fsp3) is 0.0800. The molecule has 0 atom stereocenters. The number of thioether (sulfide) groups is 1. The Kier molecular flexibility index (Phi) is 6.73. The zero-order valence-electron chi connectivity index (χ0n) is 18.9. The molecule has 0 aliphatic carbocycles. The van der Waals surface area contributed by atoms with Crippen LogP contribution in [0.1, 0.15) is 16.2 Å². The normalized spacial score (nSPS) is 11.4. The third kappa shape index (κ3) is 5.70. The van der Waals surface area contributed by atoms with Gasteiger partial charge in [0.1, 0.15) is 5.75 Å². The monoisotopic (exact) mass is 522 g/mol. The molecule has 0 aliphatic heterocycles. The molecule has 3 aromatic carbocycles. The predicted molar refractivity (Wildman–Crippen MR) is 132 cm³/mol.